The summed E-state index contributed by atoms with van der Waals surface area (Å²) in [5.74, 6) is -0.203. The monoisotopic (exact) mass is 299 g/mol. The number of carbonyl (C=O) groups excluding carboxylic acids is 2. The van der Waals surface area contributed by atoms with Gasteiger partial charge in [-0.25, -0.2) is 0 Å². The normalized spacial score (nSPS) is 11.6. The van der Waals surface area contributed by atoms with Gasteiger partial charge in [0, 0.05) is 5.69 Å². The van der Waals surface area contributed by atoms with Gasteiger partial charge in [-0.05, 0) is 30.0 Å². The lowest BCUT2D eigenvalue weighted by Crippen LogP contribution is -2.36. The van der Waals surface area contributed by atoms with Gasteiger partial charge in [-0.15, -0.1) is 12.4 Å². The van der Waals surface area contributed by atoms with Crippen molar-refractivity contribution in [3.8, 4) is 0 Å². The molecule has 0 aliphatic rings. The Kier molecular flexibility index (Phi) is 7.87. The van der Waals surface area contributed by atoms with Crippen LogP contribution < -0.4 is 16.8 Å². The standard InChI is InChI=1S/C14H21N3O2.ClH/c1-9(2)7-12(15)14(19)17-11-5-3-10(4-6-11)8-13(16)18;/h3-6,9,12H,7-8,15H2,1-2H3,(H2,16,18)(H,17,19);1H/t12-;/m0./s1. The molecule has 0 aliphatic carbocycles. The number of carbonyl (C=O) groups is 2. The van der Waals surface area contributed by atoms with Crippen molar-refractivity contribution in [3.05, 3.63) is 29.8 Å². The molecule has 1 aromatic rings. The second-order valence-electron chi connectivity index (χ2n) is 5.07. The fourth-order valence-electron chi connectivity index (χ4n) is 1.76. The van der Waals surface area contributed by atoms with Crippen LogP contribution in [0.2, 0.25) is 0 Å². The van der Waals surface area contributed by atoms with Gasteiger partial charge in [0.25, 0.3) is 0 Å². The van der Waals surface area contributed by atoms with E-state index in [0.29, 0.717) is 18.0 Å². The number of primary amides is 1. The van der Waals surface area contributed by atoms with Crippen molar-refractivity contribution in [3.63, 3.8) is 0 Å². The minimum atomic E-state index is -0.509. The molecule has 0 unspecified atom stereocenters. The Balaban J connectivity index is 0.00000361. The van der Waals surface area contributed by atoms with Crippen LogP contribution in [-0.4, -0.2) is 17.9 Å². The summed E-state index contributed by atoms with van der Waals surface area (Å²) in [4.78, 5) is 22.6. The number of rotatable bonds is 6. The molecule has 0 heterocycles. The first-order valence-corrected chi connectivity index (χ1v) is 6.32. The molecule has 1 rings (SSSR count). The van der Waals surface area contributed by atoms with Crippen molar-refractivity contribution < 1.29 is 9.59 Å². The lowest BCUT2D eigenvalue weighted by Gasteiger charge is -2.14. The van der Waals surface area contributed by atoms with Crippen LogP contribution in [0.5, 0.6) is 0 Å². The summed E-state index contributed by atoms with van der Waals surface area (Å²) in [6, 6.07) is 6.48. The number of halogens is 1. The summed E-state index contributed by atoms with van der Waals surface area (Å²) >= 11 is 0. The van der Waals surface area contributed by atoms with Crippen LogP contribution in [0.4, 0.5) is 5.69 Å². The molecule has 0 aromatic heterocycles. The van der Waals surface area contributed by atoms with E-state index in [4.69, 9.17) is 11.5 Å². The highest BCUT2D eigenvalue weighted by Gasteiger charge is 2.14. The molecular weight excluding hydrogens is 278 g/mol. The summed E-state index contributed by atoms with van der Waals surface area (Å²) in [7, 11) is 0. The predicted octanol–water partition coefficient (Wildman–Crippen LogP) is 1.45. The number of amides is 2. The van der Waals surface area contributed by atoms with Crippen LogP contribution >= 0.6 is 12.4 Å². The quantitative estimate of drug-likeness (QED) is 0.741. The molecule has 5 nitrogen and oxygen atoms in total. The third-order valence-corrected chi connectivity index (χ3v) is 2.66. The van der Waals surface area contributed by atoms with Gasteiger partial charge >= 0.3 is 0 Å². The largest absolute Gasteiger partial charge is 0.369 e. The molecule has 20 heavy (non-hydrogen) atoms. The maximum absolute atomic E-state index is 11.8. The second-order valence-corrected chi connectivity index (χ2v) is 5.07. The van der Waals surface area contributed by atoms with Gasteiger partial charge in [0.05, 0.1) is 12.5 Å². The van der Waals surface area contributed by atoms with E-state index >= 15 is 0 Å². The van der Waals surface area contributed by atoms with Crippen LogP contribution in [0.3, 0.4) is 0 Å². The second kappa shape index (κ2) is 8.55. The molecule has 1 atom stereocenters. The third kappa shape index (κ3) is 6.54. The molecule has 2 amide bonds. The minimum absolute atomic E-state index is 0. The van der Waals surface area contributed by atoms with Gasteiger partial charge in [-0.2, -0.15) is 0 Å². The molecule has 5 N–H and O–H groups in total. The summed E-state index contributed by atoms with van der Waals surface area (Å²) in [6.07, 6.45) is 0.840. The Morgan fingerprint density at radius 2 is 1.75 bits per heavy atom. The number of hydrogen-bond acceptors (Lipinski definition) is 3. The average molecular weight is 300 g/mol. The van der Waals surface area contributed by atoms with Gasteiger partial charge in [-0.1, -0.05) is 26.0 Å². The Bertz CT molecular complexity index is 446. The molecule has 0 fully saturated rings. The number of nitrogens with one attached hydrogen (secondary N) is 1. The van der Waals surface area contributed by atoms with Crippen molar-refractivity contribution in [1.82, 2.24) is 0 Å². The minimum Gasteiger partial charge on any atom is -0.369 e. The summed E-state index contributed by atoms with van der Waals surface area (Å²) in [6.45, 7) is 4.04. The highest BCUT2D eigenvalue weighted by molar-refractivity contribution is 5.94. The highest BCUT2D eigenvalue weighted by atomic mass is 35.5. The van der Waals surface area contributed by atoms with E-state index in [1.54, 1.807) is 24.3 Å². The molecule has 0 saturated carbocycles. The van der Waals surface area contributed by atoms with E-state index in [9.17, 15) is 9.59 Å². The first-order chi connectivity index (χ1) is 8.88. The molecule has 0 spiro atoms. The van der Waals surface area contributed by atoms with Crippen molar-refractivity contribution >= 4 is 29.9 Å². The molecule has 6 heteroatoms. The van der Waals surface area contributed by atoms with Crippen LogP contribution in [0, 0.1) is 5.92 Å². The third-order valence-electron chi connectivity index (χ3n) is 2.66. The number of nitrogens with two attached hydrogens (primary N) is 2. The summed E-state index contributed by atoms with van der Waals surface area (Å²) in [5, 5.41) is 2.75. The predicted molar refractivity (Wildman–Crippen MR) is 82.6 cm³/mol. The van der Waals surface area contributed by atoms with E-state index in [-0.39, 0.29) is 30.6 Å². The fraction of sp³-hybridized carbons (Fsp3) is 0.429. The first kappa shape index (κ1) is 18.4. The zero-order chi connectivity index (χ0) is 14.4. The zero-order valence-corrected chi connectivity index (χ0v) is 12.6. The maximum Gasteiger partial charge on any atom is 0.241 e. The summed E-state index contributed by atoms with van der Waals surface area (Å²) < 4.78 is 0. The molecule has 1 aromatic carbocycles. The van der Waals surface area contributed by atoms with Crippen LogP contribution in [-0.2, 0) is 16.0 Å². The highest BCUT2D eigenvalue weighted by Crippen LogP contribution is 2.11. The van der Waals surface area contributed by atoms with E-state index in [0.717, 1.165) is 5.56 Å². The number of benzene rings is 1. The summed E-state index contributed by atoms with van der Waals surface area (Å²) in [5.41, 5.74) is 12.4. The van der Waals surface area contributed by atoms with E-state index < -0.39 is 6.04 Å². The molecule has 0 radical (unpaired) electrons. The Hall–Kier alpha value is -1.59. The van der Waals surface area contributed by atoms with Crippen molar-refractivity contribution in [2.75, 3.05) is 5.32 Å². The molecule has 0 saturated heterocycles. The fourth-order valence-corrected chi connectivity index (χ4v) is 1.76. The van der Waals surface area contributed by atoms with Crippen molar-refractivity contribution in [2.24, 2.45) is 17.4 Å². The zero-order valence-electron chi connectivity index (χ0n) is 11.8. The smallest absolute Gasteiger partial charge is 0.241 e. The Labute approximate surface area is 125 Å². The van der Waals surface area contributed by atoms with E-state index in [1.807, 2.05) is 13.8 Å². The number of anilines is 1. The van der Waals surface area contributed by atoms with Crippen molar-refractivity contribution in [2.45, 2.75) is 32.7 Å². The van der Waals surface area contributed by atoms with Gasteiger partial charge < -0.3 is 16.8 Å². The SMILES string of the molecule is CC(C)C[C@H](N)C(=O)Nc1ccc(CC(N)=O)cc1.Cl. The lowest BCUT2D eigenvalue weighted by atomic mass is 10.0. The van der Waals surface area contributed by atoms with Crippen LogP contribution in [0.25, 0.3) is 0 Å². The Morgan fingerprint density at radius 3 is 2.20 bits per heavy atom. The van der Waals surface area contributed by atoms with Crippen LogP contribution in [0.1, 0.15) is 25.8 Å². The lowest BCUT2D eigenvalue weighted by molar-refractivity contribution is -0.118. The van der Waals surface area contributed by atoms with Crippen LogP contribution in [0.15, 0.2) is 24.3 Å². The van der Waals surface area contributed by atoms with E-state index in [2.05, 4.69) is 5.32 Å². The number of hydrogen-bond donors (Lipinski definition) is 3. The Morgan fingerprint density at radius 1 is 1.20 bits per heavy atom. The topological polar surface area (TPSA) is 98.2 Å². The van der Waals surface area contributed by atoms with Gasteiger partial charge in [0.2, 0.25) is 11.8 Å². The molecule has 0 bridgehead atoms. The average Bonchev–Trinajstić information content (AvgIpc) is 2.30. The molecular formula is C14H22ClN3O2. The first-order valence-electron chi connectivity index (χ1n) is 6.32. The van der Waals surface area contributed by atoms with Gasteiger partial charge in [0.15, 0.2) is 0 Å². The molecule has 0 aliphatic heterocycles. The molecule has 112 valence electrons. The van der Waals surface area contributed by atoms with Gasteiger partial charge in [-0.3, -0.25) is 9.59 Å². The van der Waals surface area contributed by atoms with Gasteiger partial charge in [0.1, 0.15) is 0 Å². The van der Waals surface area contributed by atoms with Crippen molar-refractivity contribution in [1.29, 1.82) is 0 Å². The van der Waals surface area contributed by atoms with E-state index in [1.165, 1.54) is 0 Å². The maximum atomic E-state index is 11.8.